The average Bonchev–Trinajstić information content (AvgIpc) is 3.39. The molecule has 0 saturated heterocycles. The first-order chi connectivity index (χ1) is 15.4. The number of nitrogens with zero attached hydrogens (tertiary/aromatic N) is 4. The van der Waals surface area contributed by atoms with Crippen LogP contribution in [-0.4, -0.2) is 44.6 Å². The number of amides is 2. The molecule has 3 heterocycles. The van der Waals surface area contributed by atoms with Crippen LogP contribution in [0.15, 0.2) is 47.1 Å². The Kier molecular flexibility index (Phi) is 6.39. The van der Waals surface area contributed by atoms with Gasteiger partial charge in [-0.1, -0.05) is 26.0 Å². The number of carbonyl (C=O) groups excluding carboxylic acids is 2. The Balaban J connectivity index is 1.48. The van der Waals surface area contributed by atoms with E-state index < -0.39 is 0 Å². The van der Waals surface area contributed by atoms with Crippen LogP contribution in [0.5, 0.6) is 0 Å². The van der Waals surface area contributed by atoms with Crippen molar-refractivity contribution in [3.05, 3.63) is 59.9 Å². The summed E-state index contributed by atoms with van der Waals surface area (Å²) in [4.78, 5) is 26.7. The van der Waals surface area contributed by atoms with E-state index in [0.29, 0.717) is 37.5 Å². The fraction of sp³-hybridized carbons (Fsp3) is 0.417. The lowest BCUT2D eigenvalue weighted by atomic mass is 10.0. The molecule has 0 spiro atoms. The lowest BCUT2D eigenvalue weighted by Crippen LogP contribution is -2.34. The maximum Gasteiger partial charge on any atom is 0.253 e. The van der Waals surface area contributed by atoms with Gasteiger partial charge in [-0.15, -0.1) is 10.2 Å². The number of aromatic nitrogens is 3. The van der Waals surface area contributed by atoms with Gasteiger partial charge in [0.2, 0.25) is 5.91 Å². The van der Waals surface area contributed by atoms with Crippen LogP contribution in [0.4, 0.5) is 0 Å². The normalized spacial score (nSPS) is 14.7. The van der Waals surface area contributed by atoms with E-state index in [2.05, 4.69) is 33.9 Å². The van der Waals surface area contributed by atoms with E-state index in [1.165, 1.54) is 6.92 Å². The number of furan rings is 1. The van der Waals surface area contributed by atoms with Gasteiger partial charge < -0.3 is 19.2 Å². The van der Waals surface area contributed by atoms with Crippen LogP contribution in [0.25, 0.3) is 11.3 Å². The first-order valence-corrected chi connectivity index (χ1v) is 11.0. The highest BCUT2D eigenvalue weighted by atomic mass is 16.3. The number of hydrogen-bond donors (Lipinski definition) is 1. The van der Waals surface area contributed by atoms with Crippen LogP contribution in [0.3, 0.4) is 0 Å². The van der Waals surface area contributed by atoms with Crippen LogP contribution in [-0.2, 0) is 17.8 Å². The Morgan fingerprint density at radius 3 is 2.53 bits per heavy atom. The van der Waals surface area contributed by atoms with E-state index in [1.807, 2.05) is 41.3 Å². The summed E-state index contributed by atoms with van der Waals surface area (Å²) in [6.07, 6.45) is 3.04. The summed E-state index contributed by atoms with van der Waals surface area (Å²) in [5, 5.41) is 11.8. The molecule has 1 aromatic carbocycles. The Labute approximate surface area is 187 Å². The maximum atomic E-state index is 13.1. The standard InChI is InChI=1S/C24H29N5O3/c1-16(2)15-20(25-17(3)30)23-27-26-22-10-11-28(12-13-29(22)23)24(31)19-8-6-18(7-9-19)21-5-4-14-32-21/h4-9,14,16,20H,10-13,15H2,1-3H3,(H,25,30)/t20-/m0/s1. The highest BCUT2D eigenvalue weighted by Crippen LogP contribution is 2.24. The molecule has 8 nitrogen and oxygen atoms in total. The van der Waals surface area contributed by atoms with E-state index in [4.69, 9.17) is 4.42 Å². The van der Waals surface area contributed by atoms with Gasteiger partial charge in [0.15, 0.2) is 5.82 Å². The highest BCUT2D eigenvalue weighted by Gasteiger charge is 2.27. The lowest BCUT2D eigenvalue weighted by molar-refractivity contribution is -0.119. The first-order valence-electron chi connectivity index (χ1n) is 11.0. The monoisotopic (exact) mass is 435 g/mol. The number of rotatable bonds is 6. The summed E-state index contributed by atoms with van der Waals surface area (Å²) >= 11 is 0. The molecule has 168 valence electrons. The minimum absolute atomic E-state index is 0.00292. The second-order valence-electron chi connectivity index (χ2n) is 8.61. The Bertz CT molecular complexity index is 1070. The van der Waals surface area contributed by atoms with Crippen molar-refractivity contribution in [1.29, 1.82) is 0 Å². The third kappa shape index (κ3) is 4.74. The zero-order valence-electron chi connectivity index (χ0n) is 18.7. The molecule has 1 N–H and O–H groups in total. The van der Waals surface area contributed by atoms with Gasteiger partial charge in [-0.3, -0.25) is 9.59 Å². The van der Waals surface area contributed by atoms with E-state index >= 15 is 0 Å². The molecule has 0 unspecified atom stereocenters. The van der Waals surface area contributed by atoms with Crippen LogP contribution in [0.1, 0.15) is 55.2 Å². The maximum absolute atomic E-state index is 13.1. The average molecular weight is 436 g/mol. The third-order valence-corrected chi connectivity index (χ3v) is 5.68. The molecule has 1 aliphatic rings. The van der Waals surface area contributed by atoms with Crippen molar-refractivity contribution >= 4 is 11.8 Å². The predicted octanol–water partition coefficient (Wildman–Crippen LogP) is 3.46. The van der Waals surface area contributed by atoms with Crippen molar-refractivity contribution < 1.29 is 14.0 Å². The molecular formula is C24H29N5O3. The number of hydrogen-bond acceptors (Lipinski definition) is 5. The van der Waals surface area contributed by atoms with Crippen LogP contribution >= 0.6 is 0 Å². The zero-order chi connectivity index (χ0) is 22.7. The molecule has 32 heavy (non-hydrogen) atoms. The number of fused-ring (bicyclic) bond motifs is 1. The quantitative estimate of drug-likeness (QED) is 0.640. The summed E-state index contributed by atoms with van der Waals surface area (Å²) in [6, 6.07) is 11.0. The topological polar surface area (TPSA) is 93.3 Å². The van der Waals surface area contributed by atoms with Gasteiger partial charge in [0.1, 0.15) is 11.6 Å². The van der Waals surface area contributed by atoms with Gasteiger partial charge in [0.25, 0.3) is 5.91 Å². The van der Waals surface area contributed by atoms with E-state index in [9.17, 15) is 9.59 Å². The molecule has 3 aromatic rings. The van der Waals surface area contributed by atoms with Crippen LogP contribution in [0.2, 0.25) is 0 Å². The van der Waals surface area contributed by atoms with Gasteiger partial charge in [-0.25, -0.2) is 0 Å². The number of carbonyl (C=O) groups is 2. The van der Waals surface area contributed by atoms with Crippen molar-refractivity contribution in [2.75, 3.05) is 13.1 Å². The summed E-state index contributed by atoms with van der Waals surface area (Å²) in [5.74, 6) is 2.70. The molecule has 0 radical (unpaired) electrons. The lowest BCUT2D eigenvalue weighted by Gasteiger charge is -2.22. The second kappa shape index (κ2) is 9.38. The van der Waals surface area contributed by atoms with Crippen LogP contribution in [0, 0.1) is 5.92 Å². The Hall–Kier alpha value is -3.42. The fourth-order valence-corrected chi connectivity index (χ4v) is 4.15. The zero-order valence-corrected chi connectivity index (χ0v) is 18.7. The molecule has 8 heteroatoms. The molecule has 0 bridgehead atoms. The molecule has 1 aliphatic heterocycles. The van der Waals surface area contributed by atoms with Gasteiger partial charge in [0, 0.05) is 44.1 Å². The predicted molar refractivity (Wildman–Crippen MR) is 120 cm³/mol. The molecule has 2 amide bonds. The number of nitrogens with one attached hydrogen (secondary N) is 1. The minimum Gasteiger partial charge on any atom is -0.464 e. The molecule has 0 saturated carbocycles. The Morgan fingerprint density at radius 2 is 1.88 bits per heavy atom. The fourth-order valence-electron chi connectivity index (χ4n) is 4.15. The molecule has 0 fully saturated rings. The van der Waals surface area contributed by atoms with E-state index in [-0.39, 0.29) is 17.9 Å². The minimum atomic E-state index is -0.190. The summed E-state index contributed by atoms with van der Waals surface area (Å²) in [6.45, 7) is 7.49. The molecule has 2 aromatic heterocycles. The first kappa shape index (κ1) is 21.8. The van der Waals surface area contributed by atoms with Gasteiger partial charge >= 0.3 is 0 Å². The van der Waals surface area contributed by atoms with E-state index in [0.717, 1.165) is 29.4 Å². The van der Waals surface area contributed by atoms with E-state index in [1.54, 1.807) is 6.26 Å². The highest BCUT2D eigenvalue weighted by molar-refractivity contribution is 5.94. The molecule has 4 rings (SSSR count). The summed E-state index contributed by atoms with van der Waals surface area (Å²) < 4.78 is 7.49. The SMILES string of the molecule is CC(=O)N[C@@H](CC(C)C)c1nnc2n1CCN(C(=O)c1ccc(-c3ccco3)cc1)CC2. The van der Waals surface area contributed by atoms with Gasteiger partial charge in [-0.2, -0.15) is 0 Å². The molecule has 0 aliphatic carbocycles. The smallest absolute Gasteiger partial charge is 0.253 e. The van der Waals surface area contributed by atoms with Crippen molar-refractivity contribution in [3.8, 4) is 11.3 Å². The van der Waals surface area contributed by atoms with Crippen LogP contribution < -0.4 is 5.32 Å². The van der Waals surface area contributed by atoms with Crippen molar-refractivity contribution in [1.82, 2.24) is 25.0 Å². The molecular weight excluding hydrogens is 406 g/mol. The van der Waals surface area contributed by atoms with Gasteiger partial charge in [0.05, 0.1) is 12.3 Å². The largest absolute Gasteiger partial charge is 0.464 e. The summed E-state index contributed by atoms with van der Waals surface area (Å²) in [5.41, 5.74) is 1.58. The summed E-state index contributed by atoms with van der Waals surface area (Å²) in [7, 11) is 0. The molecule has 1 atom stereocenters. The number of benzene rings is 1. The van der Waals surface area contributed by atoms with Crippen molar-refractivity contribution in [3.63, 3.8) is 0 Å². The Morgan fingerprint density at radius 1 is 1.09 bits per heavy atom. The van der Waals surface area contributed by atoms with Gasteiger partial charge in [-0.05, 0) is 36.6 Å². The van der Waals surface area contributed by atoms with Crippen molar-refractivity contribution in [2.24, 2.45) is 5.92 Å². The van der Waals surface area contributed by atoms with Crippen molar-refractivity contribution in [2.45, 2.75) is 46.2 Å². The second-order valence-corrected chi connectivity index (χ2v) is 8.61. The third-order valence-electron chi connectivity index (χ3n) is 5.68.